The van der Waals surface area contributed by atoms with Crippen LogP contribution in [0.15, 0.2) is 18.2 Å². The van der Waals surface area contributed by atoms with E-state index in [1.165, 1.54) is 13.0 Å². The Morgan fingerprint density at radius 1 is 1.00 bits per heavy atom. The average molecular weight is 216 g/mol. The molecule has 1 rings (SSSR count). The van der Waals surface area contributed by atoms with Crippen LogP contribution in [0.25, 0.3) is 0 Å². The van der Waals surface area contributed by atoms with E-state index in [0.717, 1.165) is 0 Å². The molecule has 0 radical (unpaired) electrons. The quantitative estimate of drug-likeness (QED) is 0.606. The summed E-state index contributed by atoms with van der Waals surface area (Å²) in [6.45, 7) is 6.86. The zero-order chi connectivity index (χ0) is 11.9. The van der Waals surface area contributed by atoms with Crippen molar-refractivity contribution in [2.75, 3.05) is 0 Å². The van der Waals surface area contributed by atoms with Gasteiger partial charge in [0.25, 0.3) is 0 Å². The first-order valence-electron chi connectivity index (χ1n) is 4.81. The molecule has 0 bridgehead atoms. The van der Waals surface area contributed by atoms with Crippen LogP contribution >= 0.6 is 0 Å². The summed E-state index contributed by atoms with van der Waals surface area (Å²) in [6.07, 6.45) is -4.27. The van der Waals surface area contributed by atoms with E-state index >= 15 is 0 Å². The van der Waals surface area contributed by atoms with E-state index < -0.39 is 17.2 Å². The van der Waals surface area contributed by atoms with E-state index in [1.807, 2.05) is 0 Å². The molecule has 0 spiro atoms. The zero-order valence-corrected chi connectivity index (χ0v) is 9.37. The van der Waals surface area contributed by atoms with Gasteiger partial charge in [0.2, 0.25) is 0 Å². The Balaban J connectivity index is 3.48. The van der Waals surface area contributed by atoms with Gasteiger partial charge in [0.1, 0.15) is 0 Å². The summed E-state index contributed by atoms with van der Waals surface area (Å²) in [7, 11) is 0. The Labute approximate surface area is 88.1 Å². The maximum Gasteiger partial charge on any atom is 0.416 e. The number of hydrogen-bond acceptors (Lipinski definition) is 0. The first-order chi connectivity index (χ1) is 6.64. The van der Waals surface area contributed by atoms with Crippen LogP contribution in [0.4, 0.5) is 13.2 Å². The monoisotopic (exact) mass is 216 g/mol. The molecule has 0 unspecified atom stereocenters. The van der Waals surface area contributed by atoms with Crippen LogP contribution in [0.5, 0.6) is 0 Å². The molecule has 15 heavy (non-hydrogen) atoms. The van der Waals surface area contributed by atoms with Crippen molar-refractivity contribution in [2.45, 2.75) is 39.3 Å². The minimum atomic E-state index is -4.27. The normalized spacial score (nSPS) is 13.0. The van der Waals surface area contributed by atoms with E-state index in [0.29, 0.717) is 5.56 Å². The van der Waals surface area contributed by atoms with Crippen LogP contribution in [-0.4, -0.2) is 0 Å². The Morgan fingerprint density at radius 3 is 1.87 bits per heavy atom. The zero-order valence-electron chi connectivity index (χ0n) is 9.37. The van der Waals surface area contributed by atoms with Gasteiger partial charge in [-0.3, -0.25) is 0 Å². The lowest BCUT2D eigenvalue weighted by molar-refractivity contribution is -0.139. The van der Waals surface area contributed by atoms with Crippen LogP contribution in [-0.2, 0) is 11.6 Å². The van der Waals surface area contributed by atoms with Crippen LogP contribution < -0.4 is 0 Å². The van der Waals surface area contributed by atoms with Crippen molar-refractivity contribution in [3.8, 4) is 0 Å². The number of halogens is 3. The predicted molar refractivity (Wildman–Crippen MR) is 54.9 cm³/mol. The highest BCUT2D eigenvalue weighted by atomic mass is 19.4. The van der Waals surface area contributed by atoms with Crippen LogP contribution in [0, 0.1) is 6.92 Å². The topological polar surface area (TPSA) is 0 Å². The fourth-order valence-electron chi connectivity index (χ4n) is 1.67. The molecule has 3 heteroatoms. The summed E-state index contributed by atoms with van der Waals surface area (Å²) < 4.78 is 38.5. The molecule has 0 saturated carbocycles. The van der Waals surface area contributed by atoms with Gasteiger partial charge in [-0.1, -0.05) is 39.0 Å². The molecule has 0 atom stereocenters. The molecular formula is C12H15F3. The Morgan fingerprint density at radius 2 is 1.53 bits per heavy atom. The average Bonchev–Trinajstić information content (AvgIpc) is 1.99. The van der Waals surface area contributed by atoms with E-state index in [4.69, 9.17) is 0 Å². The lowest BCUT2D eigenvalue weighted by atomic mass is 9.82. The second-order valence-corrected chi connectivity index (χ2v) is 4.75. The molecular weight excluding hydrogens is 201 g/mol. The summed E-state index contributed by atoms with van der Waals surface area (Å²) >= 11 is 0. The van der Waals surface area contributed by atoms with Crippen LogP contribution in [0.1, 0.15) is 37.5 Å². The Kier molecular flexibility index (Phi) is 2.85. The fourth-order valence-corrected chi connectivity index (χ4v) is 1.67. The predicted octanol–water partition coefficient (Wildman–Crippen LogP) is 4.31. The molecule has 1 aromatic rings. The summed E-state index contributed by atoms with van der Waals surface area (Å²) in [5, 5.41) is 0. The minimum Gasteiger partial charge on any atom is -0.166 e. The van der Waals surface area contributed by atoms with Gasteiger partial charge in [-0.15, -0.1) is 0 Å². The highest BCUT2D eigenvalue weighted by molar-refractivity contribution is 5.40. The number of alkyl halides is 3. The second kappa shape index (κ2) is 3.54. The number of benzene rings is 1. The second-order valence-electron chi connectivity index (χ2n) is 4.75. The van der Waals surface area contributed by atoms with Crippen LogP contribution in [0.2, 0.25) is 0 Å². The van der Waals surface area contributed by atoms with Crippen molar-refractivity contribution in [3.63, 3.8) is 0 Å². The van der Waals surface area contributed by atoms with Crippen molar-refractivity contribution in [3.05, 3.63) is 34.9 Å². The van der Waals surface area contributed by atoms with Gasteiger partial charge in [0.15, 0.2) is 0 Å². The molecule has 0 heterocycles. The molecule has 0 aliphatic carbocycles. The van der Waals surface area contributed by atoms with E-state index in [-0.39, 0.29) is 5.56 Å². The summed E-state index contributed by atoms with van der Waals surface area (Å²) in [5.74, 6) is 0. The maximum atomic E-state index is 12.8. The smallest absolute Gasteiger partial charge is 0.166 e. The van der Waals surface area contributed by atoms with E-state index in [9.17, 15) is 13.2 Å². The van der Waals surface area contributed by atoms with E-state index in [1.54, 1.807) is 32.9 Å². The molecule has 0 aliphatic rings. The van der Waals surface area contributed by atoms with Crippen LogP contribution in [0.3, 0.4) is 0 Å². The number of hydrogen-bond donors (Lipinski definition) is 0. The van der Waals surface area contributed by atoms with Gasteiger partial charge in [0, 0.05) is 0 Å². The molecule has 0 aromatic heterocycles. The van der Waals surface area contributed by atoms with Gasteiger partial charge in [0.05, 0.1) is 5.56 Å². The van der Waals surface area contributed by atoms with Gasteiger partial charge in [-0.25, -0.2) is 0 Å². The SMILES string of the molecule is Cc1cccc(C(C)(C)C)c1C(F)(F)F. The summed E-state index contributed by atoms with van der Waals surface area (Å²) in [6, 6.07) is 4.72. The molecule has 0 amide bonds. The molecule has 84 valence electrons. The molecule has 0 N–H and O–H groups in total. The van der Waals surface area contributed by atoms with Crippen molar-refractivity contribution in [1.29, 1.82) is 0 Å². The highest BCUT2D eigenvalue weighted by Gasteiger charge is 2.37. The van der Waals surface area contributed by atoms with Gasteiger partial charge < -0.3 is 0 Å². The van der Waals surface area contributed by atoms with Crippen molar-refractivity contribution in [1.82, 2.24) is 0 Å². The third-order valence-corrected chi connectivity index (χ3v) is 2.36. The Hall–Kier alpha value is -0.990. The van der Waals surface area contributed by atoms with Gasteiger partial charge in [-0.05, 0) is 23.5 Å². The molecule has 0 aliphatic heterocycles. The molecule has 1 aromatic carbocycles. The lowest BCUT2D eigenvalue weighted by Crippen LogP contribution is -2.20. The Bertz CT molecular complexity index is 356. The first-order valence-corrected chi connectivity index (χ1v) is 4.81. The fraction of sp³-hybridized carbons (Fsp3) is 0.500. The maximum absolute atomic E-state index is 12.8. The number of rotatable bonds is 0. The van der Waals surface area contributed by atoms with Gasteiger partial charge in [-0.2, -0.15) is 13.2 Å². The van der Waals surface area contributed by atoms with Crippen molar-refractivity contribution >= 4 is 0 Å². The minimum absolute atomic E-state index is 0.287. The van der Waals surface area contributed by atoms with E-state index in [2.05, 4.69) is 0 Å². The molecule has 0 saturated heterocycles. The molecule has 0 nitrogen and oxygen atoms in total. The highest BCUT2D eigenvalue weighted by Crippen LogP contribution is 2.39. The van der Waals surface area contributed by atoms with Crippen molar-refractivity contribution < 1.29 is 13.2 Å². The number of aryl methyl sites for hydroxylation is 1. The van der Waals surface area contributed by atoms with Crippen molar-refractivity contribution in [2.24, 2.45) is 0 Å². The third kappa shape index (κ3) is 2.52. The molecule has 0 fully saturated rings. The van der Waals surface area contributed by atoms with Gasteiger partial charge >= 0.3 is 6.18 Å². The summed E-state index contributed by atoms with van der Waals surface area (Å²) in [4.78, 5) is 0. The third-order valence-electron chi connectivity index (χ3n) is 2.36. The first kappa shape index (κ1) is 12.1. The largest absolute Gasteiger partial charge is 0.416 e. The summed E-state index contributed by atoms with van der Waals surface area (Å²) in [5.41, 5.74) is -0.334. The standard InChI is InChI=1S/C12H15F3/c1-8-6-5-7-9(11(2,3)4)10(8)12(13,14)15/h5-7H,1-4H3. The lowest BCUT2D eigenvalue weighted by Gasteiger charge is -2.25.